The Morgan fingerprint density at radius 2 is 2.33 bits per heavy atom. The second-order valence-electron chi connectivity index (χ2n) is 5.69. The molecule has 1 saturated heterocycles. The Hall–Kier alpha value is -0.970. The van der Waals surface area contributed by atoms with Gasteiger partial charge in [-0.1, -0.05) is 32.5 Å². The highest BCUT2D eigenvalue weighted by Gasteiger charge is 2.28. The van der Waals surface area contributed by atoms with E-state index in [2.05, 4.69) is 36.1 Å². The second-order valence-corrected chi connectivity index (χ2v) is 6.77. The average Bonchev–Trinajstić information content (AvgIpc) is 2.72. The molecule has 0 saturated carbocycles. The third-order valence-corrected chi connectivity index (χ3v) is 3.98. The molecule has 2 rings (SSSR count). The minimum atomic E-state index is 0.265. The van der Waals surface area contributed by atoms with Crippen LogP contribution in [-0.2, 0) is 6.54 Å². The molecule has 18 heavy (non-hydrogen) atoms. The van der Waals surface area contributed by atoms with Gasteiger partial charge in [0.2, 0.25) is 5.89 Å². The maximum atomic E-state index is 5.41. The van der Waals surface area contributed by atoms with Crippen molar-refractivity contribution in [2.75, 3.05) is 5.75 Å². The molecular weight excluding hydrogens is 246 g/mol. The minimum Gasteiger partial charge on any atom is -0.444 e. The zero-order valence-electron chi connectivity index (χ0n) is 11.5. The Labute approximate surface area is 113 Å². The summed E-state index contributed by atoms with van der Waals surface area (Å²) in [5, 5.41) is 4.53. The molecule has 0 radical (unpaired) electrons. The predicted molar refractivity (Wildman–Crippen MR) is 75.8 cm³/mol. The molecule has 1 N–H and O–H groups in total. The molecule has 1 aromatic rings. The monoisotopic (exact) mass is 267 g/mol. The first-order valence-corrected chi connectivity index (χ1v) is 7.29. The normalized spacial score (nSPS) is 23.1. The minimum absolute atomic E-state index is 0.265. The number of hydrogen-bond acceptors (Lipinski definition) is 4. The molecule has 0 amide bonds. The van der Waals surface area contributed by atoms with Crippen molar-refractivity contribution in [3.8, 4) is 0 Å². The van der Waals surface area contributed by atoms with Crippen molar-refractivity contribution in [3.05, 3.63) is 17.8 Å². The van der Waals surface area contributed by atoms with E-state index >= 15 is 0 Å². The van der Waals surface area contributed by atoms with Gasteiger partial charge in [0.25, 0.3) is 0 Å². The summed E-state index contributed by atoms with van der Waals surface area (Å²) in [4.78, 5) is 8.70. The van der Waals surface area contributed by atoms with E-state index < -0.39 is 0 Å². The first-order chi connectivity index (χ1) is 8.45. The molecule has 5 heteroatoms. The second kappa shape index (κ2) is 5.34. The lowest BCUT2D eigenvalue weighted by molar-refractivity contribution is 0.290. The van der Waals surface area contributed by atoms with Gasteiger partial charge in [0.15, 0.2) is 5.17 Å². The van der Waals surface area contributed by atoms with E-state index in [0.717, 1.165) is 16.7 Å². The first kappa shape index (κ1) is 13.5. The number of oxazole rings is 1. The van der Waals surface area contributed by atoms with Crippen molar-refractivity contribution < 1.29 is 4.42 Å². The van der Waals surface area contributed by atoms with Crippen LogP contribution in [-0.4, -0.2) is 21.9 Å². The molecule has 0 aromatic carbocycles. The number of hydrogen-bond donors (Lipinski definition) is 1. The molecule has 1 aliphatic heterocycles. The van der Waals surface area contributed by atoms with Gasteiger partial charge in [-0.05, 0) is 18.8 Å². The largest absolute Gasteiger partial charge is 0.444 e. The van der Waals surface area contributed by atoms with E-state index in [9.17, 15) is 0 Å². The predicted octanol–water partition coefficient (Wildman–Crippen LogP) is 2.98. The van der Waals surface area contributed by atoms with Crippen molar-refractivity contribution in [2.45, 2.75) is 46.7 Å². The molecule has 100 valence electrons. The molecule has 1 atom stereocenters. The fourth-order valence-corrected chi connectivity index (χ4v) is 2.82. The highest BCUT2D eigenvalue weighted by molar-refractivity contribution is 8.13. The molecule has 0 bridgehead atoms. The van der Waals surface area contributed by atoms with E-state index in [-0.39, 0.29) is 5.41 Å². The van der Waals surface area contributed by atoms with Crippen LogP contribution in [0.4, 0.5) is 0 Å². The Morgan fingerprint density at radius 1 is 1.56 bits per heavy atom. The highest BCUT2D eigenvalue weighted by Crippen LogP contribution is 2.27. The highest BCUT2D eigenvalue weighted by atomic mass is 32.2. The molecule has 0 spiro atoms. The van der Waals surface area contributed by atoms with Gasteiger partial charge >= 0.3 is 0 Å². The number of thioether (sulfide) groups is 1. The van der Waals surface area contributed by atoms with Crippen LogP contribution in [0.5, 0.6) is 0 Å². The smallest absolute Gasteiger partial charge is 0.216 e. The number of aryl methyl sites for hydroxylation is 1. The SMILES string of the molecule is Cc1cnc(CN=C2NC(C(C)(C)C)CCS2)o1. The Morgan fingerprint density at radius 3 is 2.94 bits per heavy atom. The van der Waals surface area contributed by atoms with Gasteiger partial charge < -0.3 is 9.73 Å². The first-order valence-electron chi connectivity index (χ1n) is 6.30. The standard InChI is InChI=1S/C13H21N3OS/c1-9-7-14-11(17-9)8-15-12-16-10(5-6-18-12)13(2,3)4/h7,10H,5-6,8H2,1-4H3,(H,15,16). The zero-order valence-corrected chi connectivity index (χ0v) is 12.3. The lowest BCUT2D eigenvalue weighted by atomic mass is 9.85. The van der Waals surface area contributed by atoms with E-state index in [1.54, 1.807) is 18.0 Å². The summed E-state index contributed by atoms with van der Waals surface area (Å²) in [5.41, 5.74) is 0.265. The molecule has 1 unspecified atom stereocenters. The van der Waals surface area contributed by atoms with Crippen LogP contribution in [0, 0.1) is 12.3 Å². The van der Waals surface area contributed by atoms with Gasteiger partial charge in [0.1, 0.15) is 12.3 Å². The fraction of sp³-hybridized carbons (Fsp3) is 0.692. The molecule has 1 fully saturated rings. The maximum Gasteiger partial charge on any atom is 0.216 e. The summed E-state index contributed by atoms with van der Waals surface area (Å²) < 4.78 is 5.41. The van der Waals surface area contributed by atoms with Gasteiger partial charge in [0, 0.05) is 11.8 Å². The number of rotatable bonds is 2. The topological polar surface area (TPSA) is 50.4 Å². The Kier molecular flexibility index (Phi) is 4.00. The molecular formula is C13H21N3OS. The third kappa shape index (κ3) is 3.51. The van der Waals surface area contributed by atoms with Crippen LogP contribution in [0.2, 0.25) is 0 Å². The summed E-state index contributed by atoms with van der Waals surface area (Å²) in [6, 6.07) is 0.490. The zero-order chi connectivity index (χ0) is 13.2. The molecule has 4 nitrogen and oxygen atoms in total. The molecule has 1 aliphatic rings. The van der Waals surface area contributed by atoms with Crippen molar-refractivity contribution >= 4 is 16.9 Å². The third-order valence-electron chi connectivity index (χ3n) is 3.02. The summed E-state index contributed by atoms with van der Waals surface area (Å²) in [6.45, 7) is 9.19. The van der Waals surface area contributed by atoms with Gasteiger partial charge in [-0.15, -0.1) is 0 Å². The van der Waals surface area contributed by atoms with E-state index in [1.165, 1.54) is 6.42 Å². The van der Waals surface area contributed by atoms with Crippen LogP contribution in [0.15, 0.2) is 15.6 Å². The van der Waals surface area contributed by atoms with Gasteiger partial charge in [0.05, 0.1) is 6.20 Å². The number of aromatic nitrogens is 1. The van der Waals surface area contributed by atoms with Gasteiger partial charge in [-0.25, -0.2) is 4.98 Å². The van der Waals surface area contributed by atoms with Crippen LogP contribution in [0.1, 0.15) is 38.8 Å². The van der Waals surface area contributed by atoms with Crippen molar-refractivity contribution in [3.63, 3.8) is 0 Å². The maximum absolute atomic E-state index is 5.41. The summed E-state index contributed by atoms with van der Waals surface area (Å²) >= 11 is 1.78. The van der Waals surface area contributed by atoms with E-state index in [4.69, 9.17) is 4.42 Å². The van der Waals surface area contributed by atoms with Crippen LogP contribution >= 0.6 is 11.8 Å². The van der Waals surface area contributed by atoms with Crippen molar-refractivity contribution in [2.24, 2.45) is 10.4 Å². The lowest BCUT2D eigenvalue weighted by Gasteiger charge is -2.35. The van der Waals surface area contributed by atoms with Crippen molar-refractivity contribution in [1.82, 2.24) is 10.3 Å². The number of nitrogens with one attached hydrogen (secondary N) is 1. The van der Waals surface area contributed by atoms with E-state index in [0.29, 0.717) is 18.5 Å². The summed E-state index contributed by atoms with van der Waals surface area (Å²) in [7, 11) is 0. The quantitative estimate of drug-likeness (QED) is 0.895. The van der Waals surface area contributed by atoms with E-state index in [1.807, 2.05) is 6.92 Å². The molecule has 1 aromatic heterocycles. The molecule has 2 heterocycles. The molecule has 0 aliphatic carbocycles. The summed E-state index contributed by atoms with van der Waals surface area (Å²) in [5.74, 6) is 2.64. The average molecular weight is 267 g/mol. The van der Waals surface area contributed by atoms with Crippen LogP contribution < -0.4 is 5.32 Å². The van der Waals surface area contributed by atoms with Gasteiger partial charge in [-0.3, -0.25) is 4.99 Å². The Bertz CT molecular complexity index is 434. The van der Waals surface area contributed by atoms with Crippen LogP contribution in [0.3, 0.4) is 0 Å². The van der Waals surface area contributed by atoms with Gasteiger partial charge in [-0.2, -0.15) is 0 Å². The van der Waals surface area contributed by atoms with Crippen molar-refractivity contribution in [1.29, 1.82) is 0 Å². The number of aliphatic imine (C=N–C) groups is 1. The van der Waals surface area contributed by atoms with Crippen LogP contribution in [0.25, 0.3) is 0 Å². The summed E-state index contributed by atoms with van der Waals surface area (Å²) in [6.07, 6.45) is 2.92. The lowest BCUT2D eigenvalue weighted by Crippen LogP contribution is -2.46. The number of amidine groups is 1. The fourth-order valence-electron chi connectivity index (χ4n) is 1.89. The Balaban J connectivity index is 1.96. The number of nitrogens with zero attached hydrogens (tertiary/aromatic N) is 2.